The number of halogens is 1. The van der Waals surface area contributed by atoms with Gasteiger partial charge < -0.3 is 4.98 Å². The highest BCUT2D eigenvalue weighted by Gasteiger charge is 2.24. The highest BCUT2D eigenvalue weighted by atomic mass is 19.1. The van der Waals surface area contributed by atoms with Crippen molar-refractivity contribution in [3.8, 4) is 0 Å². The van der Waals surface area contributed by atoms with Gasteiger partial charge in [0.05, 0.1) is 0 Å². The maximum atomic E-state index is 13.3. The lowest BCUT2D eigenvalue weighted by Gasteiger charge is -2.18. The van der Waals surface area contributed by atoms with Gasteiger partial charge in [0, 0.05) is 23.1 Å². The monoisotopic (exact) mass is 218 g/mol. The van der Waals surface area contributed by atoms with Crippen LogP contribution in [0.25, 0.3) is 10.9 Å². The zero-order valence-electron chi connectivity index (χ0n) is 9.33. The van der Waals surface area contributed by atoms with E-state index >= 15 is 0 Å². The van der Waals surface area contributed by atoms with Gasteiger partial charge in [-0.25, -0.2) is 4.39 Å². The molecule has 84 valence electrons. The van der Waals surface area contributed by atoms with Gasteiger partial charge in [0.1, 0.15) is 5.82 Å². The molecule has 1 aliphatic heterocycles. The average Bonchev–Trinajstić information content (AvgIpc) is 2.83. The number of hydrogen-bond acceptors (Lipinski definition) is 1. The number of nitrogens with one attached hydrogen (secondary N) is 1. The average molecular weight is 218 g/mol. The lowest BCUT2D eigenvalue weighted by atomic mass is 10.0. The van der Waals surface area contributed by atoms with Crippen LogP contribution in [0.5, 0.6) is 0 Å². The number of fused-ring (bicyclic) bond motifs is 1. The Hall–Kier alpha value is -1.35. The molecule has 0 amide bonds. The van der Waals surface area contributed by atoms with Crippen LogP contribution in [0.2, 0.25) is 0 Å². The van der Waals surface area contributed by atoms with Crippen molar-refractivity contribution < 1.29 is 4.39 Å². The van der Waals surface area contributed by atoms with Crippen LogP contribution in [-0.4, -0.2) is 23.5 Å². The first kappa shape index (κ1) is 9.85. The first-order valence-corrected chi connectivity index (χ1v) is 5.72. The van der Waals surface area contributed by atoms with E-state index in [1.165, 1.54) is 24.5 Å². The van der Waals surface area contributed by atoms with Crippen molar-refractivity contribution in [1.29, 1.82) is 0 Å². The van der Waals surface area contributed by atoms with E-state index in [0.717, 1.165) is 17.4 Å². The Bertz CT molecular complexity index is 518. The Morgan fingerprint density at radius 1 is 1.44 bits per heavy atom. The molecule has 0 aliphatic carbocycles. The molecule has 16 heavy (non-hydrogen) atoms. The molecule has 1 aromatic heterocycles. The van der Waals surface area contributed by atoms with E-state index in [0.29, 0.717) is 6.04 Å². The molecular formula is C13H15FN2. The molecule has 0 unspecified atom stereocenters. The molecule has 0 bridgehead atoms. The Morgan fingerprint density at radius 2 is 2.31 bits per heavy atom. The van der Waals surface area contributed by atoms with Gasteiger partial charge >= 0.3 is 0 Å². The van der Waals surface area contributed by atoms with Crippen molar-refractivity contribution in [2.24, 2.45) is 0 Å². The van der Waals surface area contributed by atoms with Gasteiger partial charge in [-0.3, -0.25) is 4.90 Å². The Kier molecular flexibility index (Phi) is 2.21. The molecule has 3 heteroatoms. The van der Waals surface area contributed by atoms with E-state index in [2.05, 4.69) is 16.9 Å². The zero-order chi connectivity index (χ0) is 11.1. The normalized spacial score (nSPS) is 22.0. The smallest absolute Gasteiger partial charge is 0.123 e. The lowest BCUT2D eigenvalue weighted by Crippen LogP contribution is -2.17. The predicted molar refractivity (Wildman–Crippen MR) is 62.9 cm³/mol. The van der Waals surface area contributed by atoms with Crippen LogP contribution in [0.15, 0.2) is 24.4 Å². The van der Waals surface area contributed by atoms with Gasteiger partial charge in [-0.15, -0.1) is 0 Å². The molecule has 2 heterocycles. The summed E-state index contributed by atoms with van der Waals surface area (Å²) in [6.07, 6.45) is 4.42. The summed E-state index contributed by atoms with van der Waals surface area (Å²) in [5, 5.41) is 1.03. The number of H-pyrrole nitrogens is 1. The van der Waals surface area contributed by atoms with Crippen LogP contribution in [-0.2, 0) is 0 Å². The Labute approximate surface area is 94.1 Å². The van der Waals surface area contributed by atoms with E-state index in [4.69, 9.17) is 0 Å². The van der Waals surface area contributed by atoms with E-state index < -0.39 is 0 Å². The SMILES string of the molecule is CN1CCC[C@@H]1c1c[nH]c2ccc(F)cc12. The van der Waals surface area contributed by atoms with Crippen molar-refractivity contribution in [3.63, 3.8) is 0 Å². The molecule has 1 fully saturated rings. The number of benzene rings is 1. The third-order valence-corrected chi connectivity index (χ3v) is 3.56. The van der Waals surface area contributed by atoms with Gasteiger partial charge in [-0.05, 0) is 50.2 Å². The summed E-state index contributed by atoms with van der Waals surface area (Å²) in [5.41, 5.74) is 2.26. The molecule has 0 saturated carbocycles. The fourth-order valence-corrected chi connectivity index (χ4v) is 2.69. The van der Waals surface area contributed by atoms with Gasteiger partial charge in [0.25, 0.3) is 0 Å². The lowest BCUT2D eigenvalue weighted by molar-refractivity contribution is 0.319. The largest absolute Gasteiger partial charge is 0.361 e. The molecule has 1 N–H and O–H groups in total. The first-order chi connectivity index (χ1) is 7.75. The summed E-state index contributed by atoms with van der Waals surface area (Å²) < 4.78 is 13.3. The molecule has 0 spiro atoms. The minimum Gasteiger partial charge on any atom is -0.361 e. The third-order valence-electron chi connectivity index (χ3n) is 3.56. The van der Waals surface area contributed by atoms with Crippen molar-refractivity contribution >= 4 is 10.9 Å². The van der Waals surface area contributed by atoms with E-state index in [1.807, 2.05) is 12.3 Å². The number of aromatic nitrogens is 1. The second-order valence-corrected chi connectivity index (χ2v) is 4.57. The van der Waals surface area contributed by atoms with E-state index in [9.17, 15) is 4.39 Å². The number of nitrogens with zero attached hydrogens (tertiary/aromatic N) is 1. The highest BCUT2D eigenvalue weighted by molar-refractivity contribution is 5.83. The molecule has 1 saturated heterocycles. The van der Waals surface area contributed by atoms with Crippen LogP contribution >= 0.6 is 0 Å². The van der Waals surface area contributed by atoms with Gasteiger partial charge in [-0.2, -0.15) is 0 Å². The highest BCUT2D eigenvalue weighted by Crippen LogP contribution is 2.34. The Balaban J connectivity index is 2.12. The van der Waals surface area contributed by atoms with Crippen molar-refractivity contribution in [1.82, 2.24) is 9.88 Å². The Morgan fingerprint density at radius 3 is 3.06 bits per heavy atom. The van der Waals surface area contributed by atoms with Crippen LogP contribution < -0.4 is 0 Å². The summed E-state index contributed by atoms with van der Waals surface area (Å²) in [6.45, 7) is 1.13. The maximum absolute atomic E-state index is 13.3. The van der Waals surface area contributed by atoms with Gasteiger partial charge in [0.2, 0.25) is 0 Å². The molecule has 2 nitrogen and oxygen atoms in total. The molecule has 1 aromatic carbocycles. The topological polar surface area (TPSA) is 19.0 Å². The number of hydrogen-bond donors (Lipinski definition) is 1. The van der Waals surface area contributed by atoms with Crippen molar-refractivity contribution in [3.05, 3.63) is 35.8 Å². The second kappa shape index (κ2) is 3.59. The summed E-state index contributed by atoms with van der Waals surface area (Å²) in [7, 11) is 2.13. The van der Waals surface area contributed by atoms with Gasteiger partial charge in [-0.1, -0.05) is 0 Å². The van der Waals surface area contributed by atoms with Gasteiger partial charge in [0.15, 0.2) is 0 Å². The van der Waals surface area contributed by atoms with Crippen molar-refractivity contribution in [2.45, 2.75) is 18.9 Å². The maximum Gasteiger partial charge on any atom is 0.123 e. The molecular weight excluding hydrogens is 203 g/mol. The summed E-state index contributed by atoms with van der Waals surface area (Å²) >= 11 is 0. The zero-order valence-corrected chi connectivity index (χ0v) is 9.33. The molecule has 1 aliphatic rings. The standard InChI is InChI=1S/C13H15FN2/c1-16-6-2-3-13(16)11-8-15-12-5-4-9(14)7-10(11)12/h4-5,7-8,13,15H,2-3,6H2,1H3/t13-/m1/s1. The predicted octanol–water partition coefficient (Wildman–Crippen LogP) is 3.07. The number of aromatic amines is 1. The van der Waals surface area contributed by atoms with Crippen LogP contribution in [0.4, 0.5) is 4.39 Å². The summed E-state index contributed by atoms with van der Waals surface area (Å²) in [4.78, 5) is 5.56. The third kappa shape index (κ3) is 1.43. The van der Waals surface area contributed by atoms with Crippen LogP contribution in [0, 0.1) is 5.82 Å². The molecule has 2 aromatic rings. The summed E-state index contributed by atoms with van der Waals surface area (Å²) in [5.74, 6) is -0.158. The molecule has 1 atom stereocenters. The number of likely N-dealkylation sites (tertiary alicyclic amines) is 1. The molecule has 3 rings (SSSR count). The first-order valence-electron chi connectivity index (χ1n) is 5.72. The molecule has 0 radical (unpaired) electrons. The van der Waals surface area contributed by atoms with Crippen LogP contribution in [0.1, 0.15) is 24.4 Å². The van der Waals surface area contributed by atoms with Crippen LogP contribution in [0.3, 0.4) is 0 Å². The minimum atomic E-state index is -0.158. The quantitative estimate of drug-likeness (QED) is 0.779. The number of rotatable bonds is 1. The second-order valence-electron chi connectivity index (χ2n) is 4.57. The minimum absolute atomic E-state index is 0.158. The van der Waals surface area contributed by atoms with E-state index in [1.54, 1.807) is 6.07 Å². The van der Waals surface area contributed by atoms with E-state index in [-0.39, 0.29) is 5.82 Å². The van der Waals surface area contributed by atoms with Crippen molar-refractivity contribution in [2.75, 3.05) is 13.6 Å². The fourth-order valence-electron chi connectivity index (χ4n) is 2.69. The summed E-state index contributed by atoms with van der Waals surface area (Å²) in [6, 6.07) is 5.38. The fraction of sp³-hybridized carbons (Fsp3) is 0.385.